The van der Waals surface area contributed by atoms with Gasteiger partial charge in [0, 0.05) is 11.4 Å². The highest BCUT2D eigenvalue weighted by atomic mass is 19.4. The fourth-order valence-corrected chi connectivity index (χ4v) is 2.34. The maximum Gasteiger partial charge on any atom is 0.416 e. The van der Waals surface area contributed by atoms with Crippen LogP contribution >= 0.6 is 0 Å². The first kappa shape index (κ1) is 17.7. The number of benzene rings is 2. The number of hydrogen-bond acceptors (Lipinski definition) is 5. The first-order valence-electron chi connectivity index (χ1n) is 7.80. The summed E-state index contributed by atoms with van der Waals surface area (Å²) in [4.78, 5) is 4.25. The van der Waals surface area contributed by atoms with Crippen molar-refractivity contribution in [2.75, 3.05) is 10.6 Å². The van der Waals surface area contributed by atoms with Crippen LogP contribution in [0.15, 0.2) is 48.7 Å². The highest BCUT2D eigenvalue weighted by molar-refractivity contribution is 5.62. The molecule has 0 aliphatic rings. The number of aryl methyl sites for hydroxylation is 1. The summed E-state index contributed by atoms with van der Waals surface area (Å²) in [6.45, 7) is 3.96. The van der Waals surface area contributed by atoms with Gasteiger partial charge in [0.1, 0.15) is 0 Å². The smallest absolute Gasteiger partial charge is 0.339 e. The minimum absolute atomic E-state index is 0.246. The van der Waals surface area contributed by atoms with Crippen molar-refractivity contribution in [1.29, 1.82) is 0 Å². The zero-order valence-electron chi connectivity index (χ0n) is 14.1. The van der Waals surface area contributed by atoms with Gasteiger partial charge in [-0.05, 0) is 49.2 Å². The van der Waals surface area contributed by atoms with Crippen LogP contribution in [0.2, 0.25) is 0 Å². The topological polar surface area (TPSA) is 62.7 Å². The minimum atomic E-state index is -4.41. The second-order valence-corrected chi connectivity index (χ2v) is 5.74. The SMILES string of the molecule is Cc1cccc(Nc2nncc(Nc3cccc(C(F)(F)F)c3)n2)c1C. The molecule has 0 fully saturated rings. The van der Waals surface area contributed by atoms with Crippen LogP contribution in [0.1, 0.15) is 16.7 Å². The predicted octanol–water partition coefficient (Wildman–Crippen LogP) is 4.99. The van der Waals surface area contributed by atoms with Crippen LogP contribution in [0.3, 0.4) is 0 Å². The van der Waals surface area contributed by atoms with Crippen LogP contribution in [0, 0.1) is 13.8 Å². The summed E-state index contributed by atoms with van der Waals surface area (Å²) < 4.78 is 38.4. The average Bonchev–Trinajstić information content (AvgIpc) is 2.59. The number of nitrogens with one attached hydrogen (secondary N) is 2. The number of nitrogens with zero attached hydrogens (tertiary/aromatic N) is 3. The van der Waals surface area contributed by atoms with Crippen molar-refractivity contribution in [3.63, 3.8) is 0 Å². The number of rotatable bonds is 4. The van der Waals surface area contributed by atoms with Crippen molar-refractivity contribution < 1.29 is 13.2 Å². The first-order chi connectivity index (χ1) is 12.3. The molecule has 0 bridgehead atoms. The summed E-state index contributed by atoms with van der Waals surface area (Å²) >= 11 is 0. The van der Waals surface area contributed by atoms with E-state index in [1.165, 1.54) is 18.3 Å². The molecule has 26 heavy (non-hydrogen) atoms. The number of halogens is 3. The molecule has 2 N–H and O–H groups in total. The largest absolute Gasteiger partial charge is 0.416 e. The molecule has 3 aromatic rings. The minimum Gasteiger partial charge on any atom is -0.339 e. The number of hydrogen-bond donors (Lipinski definition) is 2. The van der Waals surface area contributed by atoms with E-state index in [0.717, 1.165) is 28.9 Å². The van der Waals surface area contributed by atoms with Crippen LogP contribution in [0.25, 0.3) is 0 Å². The van der Waals surface area contributed by atoms with Crippen molar-refractivity contribution in [2.45, 2.75) is 20.0 Å². The van der Waals surface area contributed by atoms with Gasteiger partial charge in [-0.2, -0.15) is 23.3 Å². The Labute approximate surface area is 148 Å². The Morgan fingerprint density at radius 2 is 1.73 bits per heavy atom. The maximum atomic E-state index is 12.8. The van der Waals surface area contributed by atoms with Crippen molar-refractivity contribution >= 4 is 23.1 Å². The van der Waals surface area contributed by atoms with E-state index < -0.39 is 11.7 Å². The molecule has 0 aliphatic heterocycles. The third-order valence-electron chi connectivity index (χ3n) is 3.87. The van der Waals surface area contributed by atoms with Gasteiger partial charge in [-0.25, -0.2) is 0 Å². The molecule has 0 unspecified atom stereocenters. The first-order valence-corrected chi connectivity index (χ1v) is 7.80. The van der Waals surface area contributed by atoms with Gasteiger partial charge in [0.2, 0.25) is 5.95 Å². The molecule has 2 aromatic carbocycles. The van der Waals surface area contributed by atoms with Crippen molar-refractivity contribution in [3.05, 3.63) is 65.4 Å². The van der Waals surface area contributed by atoms with Gasteiger partial charge >= 0.3 is 6.18 Å². The summed E-state index contributed by atoms with van der Waals surface area (Å²) in [5, 5.41) is 13.6. The van der Waals surface area contributed by atoms with E-state index in [2.05, 4.69) is 25.8 Å². The third-order valence-corrected chi connectivity index (χ3v) is 3.87. The maximum absolute atomic E-state index is 12.8. The van der Waals surface area contributed by atoms with Gasteiger partial charge in [0.15, 0.2) is 5.82 Å². The van der Waals surface area contributed by atoms with E-state index in [1.54, 1.807) is 0 Å². The van der Waals surface area contributed by atoms with Gasteiger partial charge < -0.3 is 10.6 Å². The van der Waals surface area contributed by atoms with E-state index in [4.69, 9.17) is 0 Å². The standard InChI is InChI=1S/C18H16F3N5/c1-11-5-3-8-15(12(11)2)24-17-25-16(10-22-26-17)23-14-7-4-6-13(9-14)18(19,20)21/h3-10H,1-2H3,(H2,23,24,25,26). The quantitative estimate of drug-likeness (QED) is 0.687. The average molecular weight is 359 g/mol. The molecule has 1 heterocycles. The molecule has 0 saturated heterocycles. The summed E-state index contributed by atoms with van der Waals surface area (Å²) in [6.07, 6.45) is -3.06. The number of alkyl halides is 3. The van der Waals surface area contributed by atoms with E-state index in [0.29, 0.717) is 0 Å². The lowest BCUT2D eigenvalue weighted by Gasteiger charge is -2.12. The summed E-state index contributed by atoms with van der Waals surface area (Å²) in [7, 11) is 0. The van der Waals surface area contributed by atoms with Crippen molar-refractivity contribution in [3.8, 4) is 0 Å². The molecule has 3 rings (SSSR count). The van der Waals surface area contributed by atoms with Crippen molar-refractivity contribution in [1.82, 2.24) is 15.2 Å². The molecule has 8 heteroatoms. The molecule has 1 aromatic heterocycles. The van der Waals surface area contributed by atoms with Crippen LogP contribution in [0.5, 0.6) is 0 Å². The van der Waals surface area contributed by atoms with Gasteiger partial charge in [-0.1, -0.05) is 18.2 Å². The Balaban J connectivity index is 1.81. The Morgan fingerprint density at radius 3 is 2.50 bits per heavy atom. The lowest BCUT2D eigenvalue weighted by Crippen LogP contribution is -2.06. The van der Waals surface area contributed by atoms with Crippen LogP contribution in [0.4, 0.5) is 36.3 Å². The van der Waals surface area contributed by atoms with Gasteiger partial charge in [-0.3, -0.25) is 0 Å². The lowest BCUT2D eigenvalue weighted by molar-refractivity contribution is -0.137. The monoisotopic (exact) mass is 359 g/mol. The highest BCUT2D eigenvalue weighted by Crippen LogP contribution is 2.31. The molecule has 0 aliphatic carbocycles. The zero-order chi connectivity index (χ0) is 18.7. The third kappa shape index (κ3) is 4.08. The zero-order valence-corrected chi connectivity index (χ0v) is 14.1. The van der Waals surface area contributed by atoms with Crippen LogP contribution in [-0.2, 0) is 6.18 Å². The summed E-state index contributed by atoms with van der Waals surface area (Å²) in [6, 6.07) is 10.7. The van der Waals surface area contributed by atoms with E-state index >= 15 is 0 Å². The molecule has 0 saturated carbocycles. The highest BCUT2D eigenvalue weighted by Gasteiger charge is 2.30. The Hall–Kier alpha value is -3.16. The van der Waals surface area contributed by atoms with Crippen LogP contribution in [-0.4, -0.2) is 15.2 Å². The molecule has 5 nitrogen and oxygen atoms in total. The second kappa shape index (κ2) is 6.99. The second-order valence-electron chi connectivity index (χ2n) is 5.74. The van der Waals surface area contributed by atoms with Gasteiger partial charge in [-0.15, -0.1) is 5.10 Å². The summed E-state index contributed by atoms with van der Waals surface area (Å²) in [5.41, 5.74) is 2.52. The fraction of sp³-hybridized carbons (Fsp3) is 0.167. The Morgan fingerprint density at radius 1 is 0.962 bits per heavy atom. The molecule has 134 valence electrons. The van der Waals surface area contributed by atoms with E-state index in [9.17, 15) is 13.2 Å². The Kier molecular flexibility index (Phi) is 4.75. The summed E-state index contributed by atoms with van der Waals surface area (Å²) in [5.74, 6) is 0.530. The van der Waals surface area contributed by atoms with Crippen LogP contribution < -0.4 is 10.6 Å². The van der Waals surface area contributed by atoms with E-state index in [-0.39, 0.29) is 17.5 Å². The normalized spacial score (nSPS) is 11.3. The Bertz CT molecular complexity index is 925. The van der Waals surface area contributed by atoms with Gasteiger partial charge in [0.05, 0.1) is 11.8 Å². The fourth-order valence-electron chi connectivity index (χ4n) is 2.34. The molecule has 0 atom stereocenters. The van der Waals surface area contributed by atoms with Crippen molar-refractivity contribution in [2.24, 2.45) is 0 Å². The molecule has 0 spiro atoms. The molecular formula is C18H16F3N5. The lowest BCUT2D eigenvalue weighted by atomic mass is 10.1. The molecule has 0 amide bonds. The van der Waals surface area contributed by atoms with Gasteiger partial charge in [0.25, 0.3) is 0 Å². The molecule has 0 radical (unpaired) electrons. The molecular weight excluding hydrogens is 343 g/mol. The predicted molar refractivity (Wildman–Crippen MR) is 93.8 cm³/mol. The number of aromatic nitrogens is 3. The van der Waals surface area contributed by atoms with E-state index in [1.807, 2.05) is 32.0 Å². The number of anilines is 4.